The second-order valence-electron chi connectivity index (χ2n) is 9.32. The van der Waals surface area contributed by atoms with Crippen molar-refractivity contribution in [2.24, 2.45) is 29.1 Å². The van der Waals surface area contributed by atoms with Crippen molar-refractivity contribution in [2.45, 2.75) is 65.4 Å². The third-order valence-corrected chi connectivity index (χ3v) is 7.41. The van der Waals surface area contributed by atoms with Crippen LogP contribution >= 0.6 is 0 Å². The molecule has 0 aromatic heterocycles. The zero-order valence-corrected chi connectivity index (χ0v) is 15.6. The molecule has 0 aromatic carbocycles. The van der Waals surface area contributed by atoms with Crippen LogP contribution in [-0.4, -0.2) is 36.6 Å². The van der Waals surface area contributed by atoms with E-state index in [2.05, 4.69) is 31.7 Å². The molecule has 4 aliphatic rings. The first-order chi connectivity index (χ1) is 11.5. The molecule has 2 aliphatic heterocycles. The molecule has 3 fully saturated rings. The van der Waals surface area contributed by atoms with Crippen molar-refractivity contribution in [2.75, 3.05) is 19.6 Å². The highest BCUT2D eigenvalue weighted by Gasteiger charge is 2.51. The SMILES string of the molecule is CC1CCN(CC2C(=O)O[C@@H]3C[C@@]4(C)CCC[C@H](C)C4=C[C@H]23)CC1. The maximum Gasteiger partial charge on any atom is 0.311 e. The van der Waals surface area contributed by atoms with Crippen LogP contribution in [0.5, 0.6) is 0 Å². The summed E-state index contributed by atoms with van der Waals surface area (Å²) in [5, 5.41) is 0. The number of carbonyl (C=O) groups excluding carboxylic acids is 1. The van der Waals surface area contributed by atoms with Crippen LogP contribution < -0.4 is 0 Å². The van der Waals surface area contributed by atoms with Gasteiger partial charge in [0.25, 0.3) is 0 Å². The number of fused-ring (bicyclic) bond motifs is 2. The lowest BCUT2D eigenvalue weighted by Gasteiger charge is -2.46. The molecule has 0 radical (unpaired) electrons. The summed E-state index contributed by atoms with van der Waals surface area (Å²) in [5.41, 5.74) is 1.90. The van der Waals surface area contributed by atoms with E-state index in [0.29, 0.717) is 11.8 Å². The highest BCUT2D eigenvalue weighted by Crippen LogP contribution is 2.54. The van der Waals surface area contributed by atoms with Crippen molar-refractivity contribution in [1.29, 1.82) is 0 Å². The molecule has 0 bridgehead atoms. The lowest BCUT2D eigenvalue weighted by Crippen LogP contribution is -2.42. The molecule has 0 N–H and O–H groups in total. The molecular weight excluding hydrogens is 298 g/mol. The quantitative estimate of drug-likeness (QED) is 0.565. The van der Waals surface area contributed by atoms with Crippen LogP contribution in [0.3, 0.4) is 0 Å². The standard InChI is InChI=1S/C21H33NO2/c1-14-6-9-22(10-7-14)13-17-16-11-18-15(2)5-4-8-21(18,3)12-19(16)24-20(17)23/h11,14-17,19H,4-10,12-13H2,1-3H3/t15-,16+,17?,19+,21+/m0/s1. The Kier molecular flexibility index (Phi) is 4.27. The van der Waals surface area contributed by atoms with E-state index in [1.165, 1.54) is 32.1 Å². The molecule has 5 atom stereocenters. The van der Waals surface area contributed by atoms with Crippen LogP contribution in [0.4, 0.5) is 0 Å². The zero-order valence-electron chi connectivity index (χ0n) is 15.6. The van der Waals surface area contributed by atoms with Gasteiger partial charge in [-0.1, -0.05) is 38.8 Å². The molecule has 1 unspecified atom stereocenters. The minimum Gasteiger partial charge on any atom is -0.461 e. The predicted molar refractivity (Wildman–Crippen MR) is 95.5 cm³/mol. The first kappa shape index (κ1) is 16.6. The van der Waals surface area contributed by atoms with Crippen LogP contribution in [0.2, 0.25) is 0 Å². The zero-order chi connectivity index (χ0) is 16.9. The van der Waals surface area contributed by atoms with Gasteiger partial charge in [0.15, 0.2) is 0 Å². The average molecular weight is 332 g/mol. The summed E-state index contributed by atoms with van der Waals surface area (Å²) in [7, 11) is 0. The Labute approximate surface area is 146 Å². The summed E-state index contributed by atoms with van der Waals surface area (Å²) in [6.45, 7) is 10.3. The molecule has 1 saturated carbocycles. The fraction of sp³-hybridized carbons (Fsp3) is 0.857. The van der Waals surface area contributed by atoms with Gasteiger partial charge in [-0.3, -0.25) is 4.79 Å². The van der Waals surface area contributed by atoms with Crippen molar-refractivity contribution in [3.05, 3.63) is 11.6 Å². The van der Waals surface area contributed by atoms with Crippen LogP contribution in [0.1, 0.15) is 59.3 Å². The topological polar surface area (TPSA) is 29.5 Å². The maximum atomic E-state index is 12.6. The fourth-order valence-corrected chi connectivity index (χ4v) is 5.78. The molecule has 24 heavy (non-hydrogen) atoms. The van der Waals surface area contributed by atoms with Gasteiger partial charge in [0, 0.05) is 12.5 Å². The summed E-state index contributed by atoms with van der Waals surface area (Å²) in [6, 6.07) is 0. The Balaban J connectivity index is 1.53. The van der Waals surface area contributed by atoms with Gasteiger partial charge in [-0.05, 0) is 62.4 Å². The van der Waals surface area contributed by atoms with E-state index in [9.17, 15) is 4.79 Å². The van der Waals surface area contributed by atoms with E-state index < -0.39 is 0 Å². The fourth-order valence-electron chi connectivity index (χ4n) is 5.78. The predicted octanol–water partition coefficient (Wildman–Crippen LogP) is 4.03. The maximum absolute atomic E-state index is 12.6. The number of allylic oxidation sites excluding steroid dienone is 1. The van der Waals surface area contributed by atoms with Gasteiger partial charge in [-0.15, -0.1) is 0 Å². The number of piperidine rings is 1. The van der Waals surface area contributed by atoms with Crippen LogP contribution in [-0.2, 0) is 9.53 Å². The lowest BCUT2D eigenvalue weighted by atomic mass is 9.59. The van der Waals surface area contributed by atoms with Gasteiger partial charge in [0.05, 0.1) is 5.92 Å². The van der Waals surface area contributed by atoms with Gasteiger partial charge < -0.3 is 9.64 Å². The monoisotopic (exact) mass is 331 g/mol. The number of hydrogen-bond acceptors (Lipinski definition) is 3. The van der Waals surface area contributed by atoms with Crippen molar-refractivity contribution < 1.29 is 9.53 Å². The number of esters is 1. The van der Waals surface area contributed by atoms with Gasteiger partial charge in [-0.25, -0.2) is 0 Å². The Hall–Kier alpha value is -0.830. The largest absolute Gasteiger partial charge is 0.461 e. The van der Waals surface area contributed by atoms with E-state index in [-0.39, 0.29) is 23.4 Å². The summed E-state index contributed by atoms with van der Waals surface area (Å²) in [4.78, 5) is 15.1. The van der Waals surface area contributed by atoms with Crippen molar-refractivity contribution in [3.8, 4) is 0 Å². The number of carbonyl (C=O) groups is 1. The van der Waals surface area contributed by atoms with E-state index >= 15 is 0 Å². The van der Waals surface area contributed by atoms with Crippen molar-refractivity contribution in [1.82, 2.24) is 4.90 Å². The number of rotatable bonds is 2. The molecule has 0 spiro atoms. The molecule has 134 valence electrons. The molecule has 2 heterocycles. The summed E-state index contributed by atoms with van der Waals surface area (Å²) in [6.07, 6.45) is 10.1. The first-order valence-corrected chi connectivity index (χ1v) is 10.1. The Morgan fingerprint density at radius 2 is 2.00 bits per heavy atom. The second-order valence-corrected chi connectivity index (χ2v) is 9.32. The Morgan fingerprint density at radius 1 is 1.25 bits per heavy atom. The number of nitrogens with zero attached hydrogens (tertiary/aromatic N) is 1. The smallest absolute Gasteiger partial charge is 0.311 e. The number of likely N-dealkylation sites (tertiary alicyclic amines) is 1. The van der Waals surface area contributed by atoms with E-state index in [1.807, 2.05) is 0 Å². The van der Waals surface area contributed by atoms with Crippen LogP contribution in [0.25, 0.3) is 0 Å². The van der Waals surface area contributed by atoms with Gasteiger partial charge in [0.1, 0.15) is 6.10 Å². The highest BCUT2D eigenvalue weighted by molar-refractivity contribution is 5.76. The van der Waals surface area contributed by atoms with Gasteiger partial charge in [0.2, 0.25) is 0 Å². The summed E-state index contributed by atoms with van der Waals surface area (Å²) >= 11 is 0. The van der Waals surface area contributed by atoms with Crippen LogP contribution in [0.15, 0.2) is 11.6 Å². The van der Waals surface area contributed by atoms with Gasteiger partial charge in [-0.2, -0.15) is 0 Å². The number of hydrogen-bond donors (Lipinski definition) is 0. The highest BCUT2D eigenvalue weighted by atomic mass is 16.6. The molecule has 0 amide bonds. The normalized spacial score (nSPS) is 43.8. The Bertz CT molecular complexity index is 534. The average Bonchev–Trinajstić information content (AvgIpc) is 2.82. The molecule has 4 rings (SSSR count). The first-order valence-electron chi connectivity index (χ1n) is 10.1. The molecule has 0 aromatic rings. The molecule has 2 saturated heterocycles. The third-order valence-electron chi connectivity index (χ3n) is 7.41. The van der Waals surface area contributed by atoms with E-state index in [0.717, 1.165) is 32.0 Å². The summed E-state index contributed by atoms with van der Waals surface area (Å²) in [5.74, 6) is 1.97. The second kappa shape index (κ2) is 6.16. The molecule has 2 aliphatic carbocycles. The third kappa shape index (κ3) is 2.83. The van der Waals surface area contributed by atoms with E-state index in [1.54, 1.807) is 5.57 Å². The van der Waals surface area contributed by atoms with Crippen LogP contribution in [0, 0.1) is 29.1 Å². The molecule has 3 heteroatoms. The summed E-state index contributed by atoms with van der Waals surface area (Å²) < 4.78 is 5.88. The minimum absolute atomic E-state index is 0.0644. The van der Waals surface area contributed by atoms with Gasteiger partial charge >= 0.3 is 5.97 Å². The van der Waals surface area contributed by atoms with Crippen molar-refractivity contribution >= 4 is 5.97 Å². The minimum atomic E-state index is 0.0644. The number of ether oxygens (including phenoxy) is 1. The van der Waals surface area contributed by atoms with E-state index in [4.69, 9.17) is 4.74 Å². The Morgan fingerprint density at radius 3 is 2.75 bits per heavy atom. The molecular formula is C21H33NO2. The molecule has 3 nitrogen and oxygen atoms in total. The lowest BCUT2D eigenvalue weighted by molar-refractivity contribution is -0.145. The van der Waals surface area contributed by atoms with Crippen molar-refractivity contribution in [3.63, 3.8) is 0 Å².